The number of aliphatic hydroxyl groups excluding tert-OH is 2. The highest BCUT2D eigenvalue weighted by Gasteiger charge is 2.49. The van der Waals surface area contributed by atoms with E-state index in [2.05, 4.69) is 0 Å². The molecule has 11 heavy (non-hydrogen) atoms. The van der Waals surface area contributed by atoms with Crippen molar-refractivity contribution in [3.8, 4) is 0 Å². The molecular formula is C9H16O2. The third kappa shape index (κ3) is 0.926. The Morgan fingerprint density at radius 3 is 2.18 bits per heavy atom. The third-order valence-electron chi connectivity index (χ3n) is 3.73. The molecule has 0 radical (unpaired) electrons. The molecule has 0 aromatic rings. The van der Waals surface area contributed by atoms with Crippen LogP contribution in [0.4, 0.5) is 0 Å². The Balaban J connectivity index is 2.14. The zero-order valence-electron chi connectivity index (χ0n) is 6.79. The second-order valence-corrected chi connectivity index (χ2v) is 4.26. The van der Waals surface area contributed by atoms with Gasteiger partial charge < -0.3 is 10.2 Å². The molecule has 0 heterocycles. The van der Waals surface area contributed by atoms with Crippen LogP contribution in [0, 0.1) is 17.3 Å². The van der Waals surface area contributed by atoms with E-state index in [0.717, 1.165) is 12.3 Å². The van der Waals surface area contributed by atoms with Gasteiger partial charge in [-0.1, -0.05) is 6.42 Å². The fourth-order valence-corrected chi connectivity index (χ4v) is 3.00. The van der Waals surface area contributed by atoms with Crippen LogP contribution in [0.25, 0.3) is 0 Å². The zero-order chi connectivity index (χ0) is 7.90. The van der Waals surface area contributed by atoms with Crippen molar-refractivity contribution in [2.75, 3.05) is 13.2 Å². The van der Waals surface area contributed by atoms with Gasteiger partial charge in [0.25, 0.3) is 0 Å². The van der Waals surface area contributed by atoms with Crippen LogP contribution in [0.3, 0.4) is 0 Å². The van der Waals surface area contributed by atoms with Gasteiger partial charge >= 0.3 is 0 Å². The lowest BCUT2D eigenvalue weighted by molar-refractivity contribution is 0.00864. The SMILES string of the molecule is OCC1(CO)CC2CCC1C2. The molecule has 2 bridgehead atoms. The van der Waals surface area contributed by atoms with Gasteiger partial charge in [0.15, 0.2) is 0 Å². The Morgan fingerprint density at radius 2 is 1.91 bits per heavy atom. The molecule has 2 nitrogen and oxygen atoms in total. The van der Waals surface area contributed by atoms with E-state index in [0.29, 0.717) is 5.92 Å². The summed E-state index contributed by atoms with van der Waals surface area (Å²) in [5, 5.41) is 18.4. The Labute approximate surface area is 67.2 Å². The molecule has 0 aromatic carbocycles. The van der Waals surface area contributed by atoms with E-state index in [4.69, 9.17) is 0 Å². The molecule has 2 atom stereocenters. The summed E-state index contributed by atoms with van der Waals surface area (Å²) >= 11 is 0. The largest absolute Gasteiger partial charge is 0.396 e. The molecule has 2 heteroatoms. The summed E-state index contributed by atoms with van der Waals surface area (Å²) in [6.07, 6.45) is 4.87. The number of hydrogen-bond donors (Lipinski definition) is 2. The van der Waals surface area contributed by atoms with Crippen LogP contribution in [0.15, 0.2) is 0 Å². The minimum absolute atomic E-state index is 0.0943. The minimum atomic E-state index is -0.0943. The molecule has 2 saturated carbocycles. The van der Waals surface area contributed by atoms with Gasteiger partial charge in [0, 0.05) is 5.41 Å². The Kier molecular flexibility index (Phi) is 1.69. The molecule has 2 aliphatic rings. The van der Waals surface area contributed by atoms with Crippen LogP contribution in [-0.4, -0.2) is 23.4 Å². The summed E-state index contributed by atoms with van der Waals surface area (Å²) in [5.74, 6) is 1.42. The summed E-state index contributed by atoms with van der Waals surface area (Å²) in [7, 11) is 0. The second-order valence-electron chi connectivity index (χ2n) is 4.26. The fourth-order valence-electron chi connectivity index (χ4n) is 3.00. The first-order valence-electron chi connectivity index (χ1n) is 4.52. The summed E-state index contributed by atoms with van der Waals surface area (Å²) in [5.41, 5.74) is -0.0943. The maximum Gasteiger partial charge on any atom is 0.0512 e. The summed E-state index contributed by atoms with van der Waals surface area (Å²) in [6.45, 7) is 0.370. The van der Waals surface area contributed by atoms with Crippen LogP contribution in [0.1, 0.15) is 25.7 Å². The number of hydrogen-bond acceptors (Lipinski definition) is 2. The van der Waals surface area contributed by atoms with Crippen LogP contribution in [0.2, 0.25) is 0 Å². The first kappa shape index (κ1) is 7.56. The lowest BCUT2D eigenvalue weighted by Crippen LogP contribution is -2.35. The van der Waals surface area contributed by atoms with Gasteiger partial charge in [-0.05, 0) is 31.1 Å². The van der Waals surface area contributed by atoms with Gasteiger partial charge in [-0.15, -0.1) is 0 Å². The van der Waals surface area contributed by atoms with Gasteiger partial charge in [-0.25, -0.2) is 0 Å². The predicted molar refractivity (Wildman–Crippen MR) is 42.1 cm³/mol. The van der Waals surface area contributed by atoms with Crippen LogP contribution in [-0.2, 0) is 0 Å². The van der Waals surface area contributed by atoms with Crippen molar-refractivity contribution >= 4 is 0 Å². The maximum atomic E-state index is 9.18. The molecule has 2 aliphatic carbocycles. The van der Waals surface area contributed by atoms with E-state index >= 15 is 0 Å². The van der Waals surface area contributed by atoms with E-state index in [-0.39, 0.29) is 18.6 Å². The van der Waals surface area contributed by atoms with Gasteiger partial charge in [0.1, 0.15) is 0 Å². The highest BCUT2D eigenvalue weighted by atomic mass is 16.3. The molecule has 2 N–H and O–H groups in total. The highest BCUT2D eigenvalue weighted by molar-refractivity contribution is 4.99. The van der Waals surface area contributed by atoms with Crippen molar-refractivity contribution < 1.29 is 10.2 Å². The molecule has 0 amide bonds. The standard InChI is InChI=1S/C9H16O2/c10-5-9(6-11)4-7-1-2-8(9)3-7/h7-8,10-11H,1-6H2. The average molecular weight is 156 g/mol. The van der Waals surface area contributed by atoms with Crippen molar-refractivity contribution in [1.82, 2.24) is 0 Å². The van der Waals surface area contributed by atoms with Crippen LogP contribution < -0.4 is 0 Å². The minimum Gasteiger partial charge on any atom is -0.396 e. The van der Waals surface area contributed by atoms with Crippen molar-refractivity contribution in [1.29, 1.82) is 0 Å². The van der Waals surface area contributed by atoms with Gasteiger partial charge in [-0.2, -0.15) is 0 Å². The van der Waals surface area contributed by atoms with Crippen LogP contribution >= 0.6 is 0 Å². The first-order valence-corrected chi connectivity index (χ1v) is 4.52. The van der Waals surface area contributed by atoms with Crippen molar-refractivity contribution in [3.05, 3.63) is 0 Å². The summed E-state index contributed by atoms with van der Waals surface area (Å²) < 4.78 is 0. The second kappa shape index (κ2) is 2.46. The monoisotopic (exact) mass is 156 g/mol. The Hall–Kier alpha value is -0.0800. The number of aliphatic hydroxyl groups is 2. The molecule has 0 saturated heterocycles. The summed E-state index contributed by atoms with van der Waals surface area (Å²) in [4.78, 5) is 0. The van der Waals surface area contributed by atoms with E-state index in [1.54, 1.807) is 0 Å². The normalized spacial score (nSPS) is 39.8. The molecule has 0 aromatic heterocycles. The molecule has 2 fully saturated rings. The van der Waals surface area contributed by atoms with Crippen molar-refractivity contribution in [3.63, 3.8) is 0 Å². The van der Waals surface area contributed by atoms with Gasteiger partial charge in [0.2, 0.25) is 0 Å². The van der Waals surface area contributed by atoms with Crippen LogP contribution in [0.5, 0.6) is 0 Å². The Bertz CT molecular complexity index is 152. The average Bonchev–Trinajstić information content (AvgIpc) is 2.62. The fraction of sp³-hybridized carbons (Fsp3) is 1.00. The maximum absolute atomic E-state index is 9.18. The van der Waals surface area contributed by atoms with Gasteiger partial charge in [-0.3, -0.25) is 0 Å². The highest BCUT2D eigenvalue weighted by Crippen LogP contribution is 2.55. The van der Waals surface area contributed by atoms with Crippen molar-refractivity contribution in [2.24, 2.45) is 17.3 Å². The molecule has 2 rings (SSSR count). The van der Waals surface area contributed by atoms with E-state index < -0.39 is 0 Å². The molecular weight excluding hydrogens is 140 g/mol. The van der Waals surface area contributed by atoms with Crippen molar-refractivity contribution in [2.45, 2.75) is 25.7 Å². The first-order chi connectivity index (χ1) is 5.30. The zero-order valence-corrected chi connectivity index (χ0v) is 6.79. The van der Waals surface area contributed by atoms with E-state index in [1.807, 2.05) is 0 Å². The lowest BCUT2D eigenvalue weighted by Gasteiger charge is -2.33. The molecule has 2 unspecified atom stereocenters. The molecule has 0 spiro atoms. The quantitative estimate of drug-likeness (QED) is 0.620. The third-order valence-corrected chi connectivity index (χ3v) is 3.73. The molecule has 0 aliphatic heterocycles. The summed E-state index contributed by atoms with van der Waals surface area (Å²) in [6, 6.07) is 0. The van der Waals surface area contributed by atoms with Gasteiger partial charge in [0.05, 0.1) is 13.2 Å². The van der Waals surface area contributed by atoms with E-state index in [1.165, 1.54) is 19.3 Å². The lowest BCUT2D eigenvalue weighted by atomic mass is 9.74. The number of fused-ring (bicyclic) bond motifs is 2. The topological polar surface area (TPSA) is 40.5 Å². The number of rotatable bonds is 2. The smallest absolute Gasteiger partial charge is 0.0512 e. The predicted octanol–water partition coefficient (Wildman–Crippen LogP) is 0.777. The molecule has 64 valence electrons. The Morgan fingerprint density at radius 1 is 1.18 bits per heavy atom. The van der Waals surface area contributed by atoms with E-state index in [9.17, 15) is 10.2 Å².